The molecule has 100 valence electrons. The SMILES string of the molecule is CNC(c1cc(C)cc(C)c1)c1ncc(C)cc1C. The predicted molar refractivity (Wildman–Crippen MR) is 80.5 cm³/mol. The van der Waals surface area contributed by atoms with Crippen LogP contribution in [0.5, 0.6) is 0 Å². The van der Waals surface area contributed by atoms with Crippen molar-refractivity contribution in [2.75, 3.05) is 7.05 Å². The maximum atomic E-state index is 4.62. The number of aromatic nitrogens is 1. The summed E-state index contributed by atoms with van der Waals surface area (Å²) < 4.78 is 0. The number of benzene rings is 1. The average molecular weight is 254 g/mol. The molecular weight excluding hydrogens is 232 g/mol. The molecular formula is C17H22N2. The molecule has 2 aromatic rings. The van der Waals surface area contributed by atoms with E-state index in [9.17, 15) is 0 Å². The third-order valence-corrected chi connectivity index (χ3v) is 3.39. The van der Waals surface area contributed by atoms with Gasteiger partial charge in [-0.25, -0.2) is 0 Å². The molecule has 1 N–H and O–H groups in total. The average Bonchev–Trinajstić information content (AvgIpc) is 2.31. The molecule has 2 rings (SSSR count). The van der Waals surface area contributed by atoms with Gasteiger partial charge in [0, 0.05) is 6.20 Å². The quantitative estimate of drug-likeness (QED) is 0.905. The molecule has 0 fully saturated rings. The van der Waals surface area contributed by atoms with Crippen LogP contribution in [0.2, 0.25) is 0 Å². The van der Waals surface area contributed by atoms with Gasteiger partial charge in [-0.2, -0.15) is 0 Å². The van der Waals surface area contributed by atoms with Crippen molar-refractivity contribution < 1.29 is 0 Å². The molecule has 19 heavy (non-hydrogen) atoms. The maximum Gasteiger partial charge on any atom is 0.0751 e. The van der Waals surface area contributed by atoms with E-state index in [1.54, 1.807) is 0 Å². The molecule has 0 aliphatic rings. The maximum absolute atomic E-state index is 4.62. The molecule has 1 heterocycles. The van der Waals surface area contributed by atoms with Crippen molar-refractivity contribution in [3.8, 4) is 0 Å². The van der Waals surface area contributed by atoms with Crippen LogP contribution in [0.3, 0.4) is 0 Å². The summed E-state index contributed by atoms with van der Waals surface area (Å²) in [6.45, 7) is 8.48. The normalized spacial score (nSPS) is 12.5. The van der Waals surface area contributed by atoms with E-state index in [2.05, 4.69) is 62.3 Å². The van der Waals surface area contributed by atoms with Crippen LogP contribution in [0.1, 0.15) is 39.6 Å². The van der Waals surface area contributed by atoms with Gasteiger partial charge in [-0.1, -0.05) is 35.4 Å². The van der Waals surface area contributed by atoms with Crippen molar-refractivity contribution in [1.29, 1.82) is 0 Å². The number of pyridine rings is 1. The summed E-state index contributed by atoms with van der Waals surface area (Å²) in [7, 11) is 1.99. The fourth-order valence-corrected chi connectivity index (χ4v) is 2.67. The van der Waals surface area contributed by atoms with Gasteiger partial charge >= 0.3 is 0 Å². The Labute approximate surface area is 115 Å². The van der Waals surface area contributed by atoms with Crippen molar-refractivity contribution in [2.24, 2.45) is 0 Å². The number of hydrogen-bond donors (Lipinski definition) is 1. The molecule has 0 bridgehead atoms. The Morgan fingerprint density at radius 3 is 2.05 bits per heavy atom. The first kappa shape index (κ1) is 13.8. The zero-order valence-electron chi connectivity index (χ0n) is 12.4. The van der Waals surface area contributed by atoms with Gasteiger partial charge in [-0.15, -0.1) is 0 Å². The Balaban J connectivity index is 2.49. The van der Waals surface area contributed by atoms with Gasteiger partial charge in [0.15, 0.2) is 0 Å². The largest absolute Gasteiger partial charge is 0.308 e. The minimum absolute atomic E-state index is 0.152. The molecule has 0 radical (unpaired) electrons. The van der Waals surface area contributed by atoms with Gasteiger partial charge in [0.2, 0.25) is 0 Å². The summed E-state index contributed by atoms with van der Waals surface area (Å²) in [4.78, 5) is 4.62. The van der Waals surface area contributed by atoms with E-state index < -0.39 is 0 Å². The van der Waals surface area contributed by atoms with Gasteiger partial charge in [0.1, 0.15) is 0 Å². The smallest absolute Gasteiger partial charge is 0.0751 e. The van der Waals surface area contributed by atoms with E-state index >= 15 is 0 Å². The Morgan fingerprint density at radius 2 is 1.53 bits per heavy atom. The van der Waals surface area contributed by atoms with E-state index in [0.717, 1.165) is 5.69 Å². The lowest BCUT2D eigenvalue weighted by Crippen LogP contribution is -2.20. The molecule has 2 heteroatoms. The van der Waals surface area contributed by atoms with Crippen LogP contribution in [-0.4, -0.2) is 12.0 Å². The molecule has 0 spiro atoms. The molecule has 1 atom stereocenters. The summed E-state index contributed by atoms with van der Waals surface area (Å²) in [6.07, 6.45) is 1.94. The third kappa shape index (κ3) is 3.02. The summed E-state index contributed by atoms with van der Waals surface area (Å²) in [5.74, 6) is 0. The minimum atomic E-state index is 0.152. The topological polar surface area (TPSA) is 24.9 Å². The Kier molecular flexibility index (Phi) is 4.01. The van der Waals surface area contributed by atoms with Crippen LogP contribution in [0.15, 0.2) is 30.5 Å². The lowest BCUT2D eigenvalue weighted by atomic mass is 9.96. The van der Waals surface area contributed by atoms with Crippen LogP contribution < -0.4 is 5.32 Å². The van der Waals surface area contributed by atoms with Crippen molar-refractivity contribution in [3.63, 3.8) is 0 Å². The highest BCUT2D eigenvalue weighted by Gasteiger charge is 2.16. The fourth-order valence-electron chi connectivity index (χ4n) is 2.67. The molecule has 0 aliphatic heterocycles. The first-order valence-electron chi connectivity index (χ1n) is 6.70. The molecule has 0 aliphatic carbocycles. The molecule has 1 unspecified atom stereocenters. The van der Waals surface area contributed by atoms with E-state index in [4.69, 9.17) is 0 Å². The molecule has 0 saturated carbocycles. The van der Waals surface area contributed by atoms with E-state index in [1.807, 2.05) is 13.2 Å². The van der Waals surface area contributed by atoms with E-state index in [0.29, 0.717) is 0 Å². The minimum Gasteiger partial charge on any atom is -0.308 e. The Morgan fingerprint density at radius 1 is 0.895 bits per heavy atom. The van der Waals surface area contributed by atoms with Gasteiger partial charge in [0.25, 0.3) is 0 Å². The monoisotopic (exact) mass is 254 g/mol. The number of nitrogens with one attached hydrogen (secondary N) is 1. The van der Waals surface area contributed by atoms with Crippen LogP contribution in [-0.2, 0) is 0 Å². The van der Waals surface area contributed by atoms with E-state index in [1.165, 1.54) is 27.8 Å². The van der Waals surface area contributed by atoms with Crippen LogP contribution in [0.4, 0.5) is 0 Å². The van der Waals surface area contributed by atoms with Crippen molar-refractivity contribution in [2.45, 2.75) is 33.7 Å². The highest BCUT2D eigenvalue weighted by Crippen LogP contribution is 2.25. The van der Waals surface area contributed by atoms with Gasteiger partial charge in [0.05, 0.1) is 11.7 Å². The van der Waals surface area contributed by atoms with Crippen molar-refractivity contribution in [3.05, 3.63) is 64.0 Å². The van der Waals surface area contributed by atoms with Gasteiger partial charge in [-0.05, 0) is 51.4 Å². The fraction of sp³-hybridized carbons (Fsp3) is 0.353. The van der Waals surface area contributed by atoms with Crippen LogP contribution in [0, 0.1) is 27.7 Å². The standard InChI is InChI=1S/C17H22N2/c1-11-6-12(2)9-15(8-11)17(18-5)16-14(4)7-13(3)10-19-16/h6-10,17-18H,1-5H3. The summed E-state index contributed by atoms with van der Waals surface area (Å²) in [5.41, 5.74) is 7.41. The van der Waals surface area contributed by atoms with Crippen molar-refractivity contribution >= 4 is 0 Å². The Bertz CT molecular complexity index is 568. The molecule has 0 saturated heterocycles. The molecule has 1 aromatic heterocycles. The highest BCUT2D eigenvalue weighted by atomic mass is 14.9. The zero-order valence-corrected chi connectivity index (χ0v) is 12.4. The first-order valence-corrected chi connectivity index (χ1v) is 6.70. The van der Waals surface area contributed by atoms with Crippen LogP contribution >= 0.6 is 0 Å². The number of aryl methyl sites for hydroxylation is 4. The van der Waals surface area contributed by atoms with Crippen molar-refractivity contribution in [1.82, 2.24) is 10.3 Å². The number of rotatable bonds is 3. The second-order valence-corrected chi connectivity index (χ2v) is 5.36. The second-order valence-electron chi connectivity index (χ2n) is 5.36. The zero-order chi connectivity index (χ0) is 14.0. The highest BCUT2D eigenvalue weighted by molar-refractivity contribution is 5.37. The number of hydrogen-bond acceptors (Lipinski definition) is 2. The summed E-state index contributed by atoms with van der Waals surface area (Å²) in [6, 6.07) is 9.00. The van der Waals surface area contributed by atoms with Gasteiger partial charge < -0.3 is 5.32 Å². The second kappa shape index (κ2) is 5.54. The van der Waals surface area contributed by atoms with Gasteiger partial charge in [-0.3, -0.25) is 4.98 Å². The molecule has 2 nitrogen and oxygen atoms in total. The molecule has 0 amide bonds. The lowest BCUT2D eigenvalue weighted by Gasteiger charge is -2.19. The third-order valence-electron chi connectivity index (χ3n) is 3.39. The summed E-state index contributed by atoms with van der Waals surface area (Å²) in [5, 5.41) is 3.39. The molecule has 1 aromatic carbocycles. The Hall–Kier alpha value is -1.67. The number of nitrogens with zero attached hydrogens (tertiary/aromatic N) is 1. The predicted octanol–water partition coefficient (Wildman–Crippen LogP) is 3.62. The van der Waals surface area contributed by atoms with Crippen LogP contribution in [0.25, 0.3) is 0 Å². The first-order chi connectivity index (χ1) is 9.01. The summed E-state index contributed by atoms with van der Waals surface area (Å²) >= 11 is 0. The lowest BCUT2D eigenvalue weighted by molar-refractivity contribution is 0.664. The van der Waals surface area contributed by atoms with E-state index in [-0.39, 0.29) is 6.04 Å².